The van der Waals surface area contributed by atoms with Crippen LogP contribution in [0.4, 0.5) is 0 Å². The second-order valence-corrected chi connectivity index (χ2v) is 4.26. The highest BCUT2D eigenvalue weighted by atomic mass is 16.5. The highest BCUT2D eigenvalue weighted by Crippen LogP contribution is 2.29. The lowest BCUT2D eigenvalue weighted by Gasteiger charge is -2.24. The first-order valence-corrected chi connectivity index (χ1v) is 5.52. The summed E-state index contributed by atoms with van der Waals surface area (Å²) < 4.78 is 15.6. The van der Waals surface area contributed by atoms with Crippen LogP contribution in [0.3, 0.4) is 0 Å². The summed E-state index contributed by atoms with van der Waals surface area (Å²) in [6, 6.07) is 4.94. The van der Waals surface area contributed by atoms with Gasteiger partial charge in [-0.1, -0.05) is 6.58 Å². The lowest BCUT2D eigenvalue weighted by molar-refractivity contribution is 0.0590. The minimum absolute atomic E-state index is 0.355. The van der Waals surface area contributed by atoms with E-state index in [4.69, 9.17) is 14.2 Å². The summed E-state index contributed by atoms with van der Waals surface area (Å²) in [5, 5.41) is 0. The number of hydrogen-bond acceptors (Lipinski definition) is 4. The predicted octanol–water partition coefficient (Wildman–Crippen LogP) is 2.83. The lowest BCUT2D eigenvalue weighted by atomic mass is 10.1. The summed E-state index contributed by atoms with van der Waals surface area (Å²) in [4.78, 5) is 11.6. The van der Waals surface area contributed by atoms with Crippen molar-refractivity contribution in [2.24, 2.45) is 0 Å². The van der Waals surface area contributed by atoms with Gasteiger partial charge in [0.1, 0.15) is 22.7 Å². The van der Waals surface area contributed by atoms with Gasteiger partial charge in [0.25, 0.3) is 0 Å². The molecule has 1 rings (SSSR count). The molecule has 0 bridgehead atoms. The van der Waals surface area contributed by atoms with Crippen LogP contribution < -0.4 is 9.47 Å². The summed E-state index contributed by atoms with van der Waals surface area (Å²) in [5.74, 6) is 0.566. The predicted molar refractivity (Wildman–Crippen MR) is 69.2 cm³/mol. The molecule has 0 unspecified atom stereocenters. The third kappa shape index (κ3) is 3.26. The Kier molecular flexibility index (Phi) is 4.37. The van der Waals surface area contributed by atoms with E-state index < -0.39 is 11.6 Å². The molecule has 0 atom stereocenters. The van der Waals surface area contributed by atoms with Gasteiger partial charge in [-0.05, 0) is 32.1 Å². The van der Waals surface area contributed by atoms with Gasteiger partial charge in [-0.25, -0.2) is 4.79 Å². The van der Waals surface area contributed by atoms with Crippen LogP contribution in [-0.4, -0.2) is 25.8 Å². The molecular formula is C14H18O4. The average molecular weight is 250 g/mol. The van der Waals surface area contributed by atoms with Crippen LogP contribution in [0.25, 0.3) is 0 Å². The molecule has 0 aromatic heterocycles. The highest BCUT2D eigenvalue weighted by molar-refractivity contribution is 5.92. The molecule has 0 saturated heterocycles. The molecule has 0 spiro atoms. The van der Waals surface area contributed by atoms with Crippen LogP contribution in [-0.2, 0) is 4.74 Å². The van der Waals surface area contributed by atoms with E-state index in [1.54, 1.807) is 31.4 Å². The van der Waals surface area contributed by atoms with Crippen LogP contribution in [0.15, 0.2) is 30.9 Å². The zero-order chi connectivity index (χ0) is 13.8. The quantitative estimate of drug-likeness (QED) is 0.595. The first kappa shape index (κ1) is 14.1. The molecule has 0 aliphatic rings. The summed E-state index contributed by atoms with van der Waals surface area (Å²) in [6.07, 6.45) is 1.66. The number of methoxy groups -OCH3 is 2. The molecule has 0 amide bonds. The molecule has 1 aromatic carbocycles. The van der Waals surface area contributed by atoms with Crippen molar-refractivity contribution in [2.45, 2.75) is 19.4 Å². The lowest BCUT2D eigenvalue weighted by Crippen LogP contribution is -2.25. The SMILES string of the molecule is C=CC(C)(C)Oc1cc(OC)ccc1C(=O)OC. The Morgan fingerprint density at radius 2 is 2.00 bits per heavy atom. The van der Waals surface area contributed by atoms with E-state index >= 15 is 0 Å². The van der Waals surface area contributed by atoms with Crippen molar-refractivity contribution < 1.29 is 19.0 Å². The van der Waals surface area contributed by atoms with Gasteiger partial charge in [0.15, 0.2) is 0 Å². The maximum Gasteiger partial charge on any atom is 0.341 e. The Balaban J connectivity index is 3.19. The van der Waals surface area contributed by atoms with E-state index in [2.05, 4.69) is 6.58 Å². The smallest absolute Gasteiger partial charge is 0.341 e. The third-order valence-corrected chi connectivity index (χ3v) is 2.46. The van der Waals surface area contributed by atoms with Crippen molar-refractivity contribution in [2.75, 3.05) is 14.2 Å². The first-order chi connectivity index (χ1) is 8.43. The molecule has 1 aromatic rings. The number of carbonyl (C=O) groups excluding carboxylic acids is 1. The Bertz CT molecular complexity index is 449. The fourth-order valence-electron chi connectivity index (χ4n) is 1.32. The van der Waals surface area contributed by atoms with Crippen LogP contribution in [0.1, 0.15) is 24.2 Å². The van der Waals surface area contributed by atoms with E-state index in [9.17, 15) is 4.79 Å². The fraction of sp³-hybridized carbons (Fsp3) is 0.357. The van der Waals surface area contributed by atoms with Gasteiger partial charge >= 0.3 is 5.97 Å². The second kappa shape index (κ2) is 5.58. The maximum atomic E-state index is 11.6. The normalized spacial score (nSPS) is 10.7. The van der Waals surface area contributed by atoms with E-state index in [1.165, 1.54) is 7.11 Å². The Hall–Kier alpha value is -1.97. The van der Waals surface area contributed by atoms with Gasteiger partial charge in [0.05, 0.1) is 14.2 Å². The topological polar surface area (TPSA) is 44.8 Å². The standard InChI is InChI=1S/C14H18O4/c1-6-14(2,3)18-12-9-10(16-4)7-8-11(12)13(15)17-5/h6-9H,1H2,2-5H3. The minimum atomic E-state index is -0.588. The molecule has 0 N–H and O–H groups in total. The number of esters is 1. The van der Waals surface area contributed by atoms with Crippen LogP contribution >= 0.6 is 0 Å². The molecule has 0 fully saturated rings. The van der Waals surface area contributed by atoms with Crippen molar-refractivity contribution in [3.8, 4) is 11.5 Å². The monoisotopic (exact) mass is 250 g/mol. The molecule has 0 radical (unpaired) electrons. The Labute approximate surface area is 107 Å². The average Bonchev–Trinajstić information content (AvgIpc) is 2.37. The molecule has 0 aliphatic carbocycles. The molecule has 18 heavy (non-hydrogen) atoms. The Morgan fingerprint density at radius 1 is 1.33 bits per heavy atom. The molecule has 0 heterocycles. The Morgan fingerprint density at radius 3 is 2.50 bits per heavy atom. The number of rotatable bonds is 5. The third-order valence-electron chi connectivity index (χ3n) is 2.46. The van der Waals surface area contributed by atoms with E-state index in [-0.39, 0.29) is 0 Å². The molecule has 98 valence electrons. The number of benzene rings is 1. The molecule has 4 heteroatoms. The fourth-order valence-corrected chi connectivity index (χ4v) is 1.32. The van der Waals surface area contributed by atoms with Crippen LogP contribution in [0, 0.1) is 0 Å². The van der Waals surface area contributed by atoms with Crippen molar-refractivity contribution in [3.05, 3.63) is 36.4 Å². The van der Waals surface area contributed by atoms with Crippen LogP contribution in [0.2, 0.25) is 0 Å². The summed E-state index contributed by atoms with van der Waals surface area (Å²) in [5.41, 5.74) is -0.233. The number of ether oxygens (including phenoxy) is 3. The molecular weight excluding hydrogens is 232 g/mol. The maximum absolute atomic E-state index is 11.6. The van der Waals surface area contributed by atoms with E-state index in [1.807, 2.05) is 13.8 Å². The molecule has 0 aliphatic heterocycles. The van der Waals surface area contributed by atoms with Crippen molar-refractivity contribution in [1.82, 2.24) is 0 Å². The van der Waals surface area contributed by atoms with Crippen molar-refractivity contribution >= 4 is 5.97 Å². The largest absolute Gasteiger partial charge is 0.497 e. The first-order valence-electron chi connectivity index (χ1n) is 5.52. The summed E-state index contributed by atoms with van der Waals surface area (Å²) in [6.45, 7) is 7.39. The van der Waals surface area contributed by atoms with Gasteiger partial charge < -0.3 is 14.2 Å². The highest BCUT2D eigenvalue weighted by Gasteiger charge is 2.21. The van der Waals surface area contributed by atoms with Crippen LogP contribution in [0.5, 0.6) is 11.5 Å². The van der Waals surface area contributed by atoms with Crippen molar-refractivity contribution in [1.29, 1.82) is 0 Å². The summed E-state index contributed by atoms with van der Waals surface area (Å²) in [7, 11) is 2.88. The molecule has 4 nitrogen and oxygen atoms in total. The second-order valence-electron chi connectivity index (χ2n) is 4.26. The zero-order valence-electron chi connectivity index (χ0n) is 11.1. The zero-order valence-corrected chi connectivity index (χ0v) is 11.1. The van der Waals surface area contributed by atoms with Crippen molar-refractivity contribution in [3.63, 3.8) is 0 Å². The number of carbonyl (C=O) groups is 1. The molecule has 0 saturated carbocycles. The van der Waals surface area contributed by atoms with Gasteiger partial charge in [0.2, 0.25) is 0 Å². The van der Waals surface area contributed by atoms with Gasteiger partial charge in [-0.15, -0.1) is 0 Å². The van der Waals surface area contributed by atoms with Gasteiger partial charge in [0, 0.05) is 6.07 Å². The van der Waals surface area contributed by atoms with E-state index in [0.29, 0.717) is 17.1 Å². The summed E-state index contributed by atoms with van der Waals surface area (Å²) >= 11 is 0. The number of hydrogen-bond donors (Lipinski definition) is 0. The van der Waals surface area contributed by atoms with Gasteiger partial charge in [-0.2, -0.15) is 0 Å². The van der Waals surface area contributed by atoms with Gasteiger partial charge in [-0.3, -0.25) is 0 Å². The minimum Gasteiger partial charge on any atom is -0.497 e. The van der Waals surface area contributed by atoms with E-state index in [0.717, 1.165) is 0 Å².